The van der Waals surface area contributed by atoms with Crippen molar-refractivity contribution in [1.29, 1.82) is 0 Å². The Labute approximate surface area is 184 Å². The fourth-order valence-electron chi connectivity index (χ4n) is 3.85. The zero-order chi connectivity index (χ0) is 20.5. The molecule has 3 rings (SSSR count). The highest BCUT2D eigenvalue weighted by Crippen LogP contribution is 2.34. The van der Waals surface area contributed by atoms with Gasteiger partial charge in [0.25, 0.3) is 0 Å². The highest BCUT2D eigenvalue weighted by atomic mass is 79.9. The van der Waals surface area contributed by atoms with Crippen LogP contribution in [-0.2, 0) is 13.2 Å². The lowest BCUT2D eigenvalue weighted by molar-refractivity contribution is 0.268. The monoisotopic (exact) mass is 459 g/mol. The third kappa shape index (κ3) is 7.04. The maximum Gasteiger partial charge on any atom is 0.162 e. The molecule has 1 aliphatic rings. The van der Waals surface area contributed by atoms with Crippen molar-refractivity contribution >= 4 is 15.9 Å². The maximum absolute atomic E-state index is 6.10. The summed E-state index contributed by atoms with van der Waals surface area (Å²) >= 11 is 3.75. The fraction of sp³-hybridized carbons (Fsp3) is 0.520. The van der Waals surface area contributed by atoms with Crippen molar-refractivity contribution in [3.8, 4) is 11.5 Å². The second kappa shape index (κ2) is 11.6. The Bertz CT molecular complexity index is 752. The van der Waals surface area contributed by atoms with Crippen molar-refractivity contribution in [2.24, 2.45) is 0 Å². The summed E-state index contributed by atoms with van der Waals surface area (Å²) in [6.07, 6.45) is 9.41. The van der Waals surface area contributed by atoms with Crippen LogP contribution in [-0.4, -0.2) is 12.6 Å². The standard InChI is InChI=1S/C25H34BrNO2/c1-3-28-24-15-21(17-27-22-9-7-5-4-6-8-10-22)23(26)16-25(24)29-18-20-13-11-19(2)12-14-20/h11-16,22,27H,3-10,17-18H2,1-2H3. The third-order valence-corrected chi connectivity index (χ3v) is 6.35. The Kier molecular flexibility index (Phi) is 8.88. The lowest BCUT2D eigenvalue weighted by Crippen LogP contribution is -2.29. The van der Waals surface area contributed by atoms with Gasteiger partial charge < -0.3 is 14.8 Å². The molecule has 4 heteroatoms. The number of rotatable bonds is 8. The number of aryl methyl sites for hydroxylation is 1. The van der Waals surface area contributed by atoms with Crippen LogP contribution < -0.4 is 14.8 Å². The number of ether oxygens (including phenoxy) is 2. The predicted octanol–water partition coefficient (Wildman–Crippen LogP) is 6.94. The highest BCUT2D eigenvalue weighted by Gasteiger charge is 2.14. The molecule has 0 saturated heterocycles. The molecule has 29 heavy (non-hydrogen) atoms. The molecule has 1 saturated carbocycles. The summed E-state index contributed by atoms with van der Waals surface area (Å²) in [6.45, 7) is 6.12. The van der Waals surface area contributed by atoms with Crippen LogP contribution >= 0.6 is 15.9 Å². The van der Waals surface area contributed by atoms with Gasteiger partial charge in [0.1, 0.15) is 6.61 Å². The Morgan fingerprint density at radius 2 is 1.59 bits per heavy atom. The van der Waals surface area contributed by atoms with Crippen LogP contribution in [0.3, 0.4) is 0 Å². The summed E-state index contributed by atoms with van der Waals surface area (Å²) in [5.41, 5.74) is 3.63. The summed E-state index contributed by atoms with van der Waals surface area (Å²) in [5, 5.41) is 3.77. The average Bonchev–Trinajstić information content (AvgIpc) is 2.69. The molecule has 0 spiro atoms. The molecule has 2 aromatic carbocycles. The van der Waals surface area contributed by atoms with E-state index in [4.69, 9.17) is 9.47 Å². The van der Waals surface area contributed by atoms with E-state index < -0.39 is 0 Å². The van der Waals surface area contributed by atoms with Crippen LogP contribution in [0, 0.1) is 6.92 Å². The smallest absolute Gasteiger partial charge is 0.162 e. The van der Waals surface area contributed by atoms with E-state index in [-0.39, 0.29) is 0 Å². The largest absolute Gasteiger partial charge is 0.490 e. The second-order valence-corrected chi connectivity index (χ2v) is 8.87. The van der Waals surface area contributed by atoms with Crippen molar-refractivity contribution in [1.82, 2.24) is 5.32 Å². The normalized spacial score (nSPS) is 15.6. The average molecular weight is 460 g/mol. The van der Waals surface area contributed by atoms with Gasteiger partial charge in [0, 0.05) is 17.1 Å². The molecule has 0 atom stereocenters. The molecule has 1 aliphatic carbocycles. The number of hydrogen-bond acceptors (Lipinski definition) is 3. The van der Waals surface area contributed by atoms with E-state index in [1.165, 1.54) is 56.1 Å². The van der Waals surface area contributed by atoms with Gasteiger partial charge >= 0.3 is 0 Å². The first-order valence-corrected chi connectivity index (χ1v) is 11.8. The van der Waals surface area contributed by atoms with Gasteiger partial charge in [0.15, 0.2) is 11.5 Å². The van der Waals surface area contributed by atoms with Crippen LogP contribution in [0.5, 0.6) is 11.5 Å². The van der Waals surface area contributed by atoms with E-state index in [1.54, 1.807) is 0 Å². The van der Waals surface area contributed by atoms with Gasteiger partial charge in [-0.1, -0.05) is 77.9 Å². The molecule has 2 aromatic rings. The quantitative estimate of drug-likeness (QED) is 0.463. The highest BCUT2D eigenvalue weighted by molar-refractivity contribution is 9.10. The van der Waals surface area contributed by atoms with Crippen molar-refractivity contribution < 1.29 is 9.47 Å². The summed E-state index contributed by atoms with van der Waals surface area (Å²) in [4.78, 5) is 0. The first kappa shape index (κ1) is 22.2. The summed E-state index contributed by atoms with van der Waals surface area (Å²) < 4.78 is 13.1. The molecule has 158 valence electrons. The minimum Gasteiger partial charge on any atom is -0.490 e. The SMILES string of the molecule is CCOc1cc(CNC2CCCCCCC2)c(Br)cc1OCc1ccc(C)cc1. The van der Waals surface area contributed by atoms with Crippen molar-refractivity contribution in [3.05, 3.63) is 57.6 Å². The van der Waals surface area contributed by atoms with Gasteiger partial charge in [0.2, 0.25) is 0 Å². The lowest BCUT2D eigenvalue weighted by Gasteiger charge is -2.22. The van der Waals surface area contributed by atoms with Crippen LogP contribution in [0.4, 0.5) is 0 Å². The van der Waals surface area contributed by atoms with Gasteiger partial charge in [-0.2, -0.15) is 0 Å². The Morgan fingerprint density at radius 1 is 0.931 bits per heavy atom. The van der Waals surface area contributed by atoms with Gasteiger partial charge in [-0.15, -0.1) is 0 Å². The Hall–Kier alpha value is -1.52. The Morgan fingerprint density at radius 3 is 2.28 bits per heavy atom. The number of benzene rings is 2. The summed E-state index contributed by atoms with van der Waals surface area (Å²) in [7, 11) is 0. The molecular formula is C25H34BrNO2. The molecule has 0 amide bonds. The second-order valence-electron chi connectivity index (χ2n) is 8.02. The molecular weight excluding hydrogens is 426 g/mol. The summed E-state index contributed by atoms with van der Waals surface area (Å²) in [6, 6.07) is 13.2. The maximum atomic E-state index is 6.10. The van der Waals surface area contributed by atoms with Gasteiger partial charge in [-0.25, -0.2) is 0 Å². The molecule has 3 nitrogen and oxygen atoms in total. The minimum absolute atomic E-state index is 0.534. The van der Waals surface area contributed by atoms with E-state index in [0.29, 0.717) is 19.3 Å². The van der Waals surface area contributed by atoms with E-state index in [0.717, 1.165) is 28.1 Å². The van der Waals surface area contributed by atoms with Gasteiger partial charge in [-0.05, 0) is 49.9 Å². The Balaban J connectivity index is 1.65. The van der Waals surface area contributed by atoms with Crippen LogP contribution in [0.15, 0.2) is 40.9 Å². The van der Waals surface area contributed by atoms with Crippen molar-refractivity contribution in [2.75, 3.05) is 6.61 Å². The van der Waals surface area contributed by atoms with E-state index in [9.17, 15) is 0 Å². The van der Waals surface area contributed by atoms with E-state index in [2.05, 4.69) is 58.5 Å². The topological polar surface area (TPSA) is 30.5 Å². The number of nitrogens with one attached hydrogen (secondary N) is 1. The lowest BCUT2D eigenvalue weighted by atomic mass is 9.96. The third-order valence-electron chi connectivity index (χ3n) is 5.61. The molecule has 0 aromatic heterocycles. The number of hydrogen-bond donors (Lipinski definition) is 1. The predicted molar refractivity (Wildman–Crippen MR) is 124 cm³/mol. The van der Waals surface area contributed by atoms with E-state index in [1.807, 2.05) is 13.0 Å². The van der Waals surface area contributed by atoms with Gasteiger partial charge in [0.05, 0.1) is 6.61 Å². The fourth-order valence-corrected chi connectivity index (χ4v) is 4.32. The zero-order valence-electron chi connectivity index (χ0n) is 17.8. The molecule has 1 N–H and O–H groups in total. The summed E-state index contributed by atoms with van der Waals surface area (Å²) in [5.74, 6) is 1.60. The molecule has 0 unspecified atom stereocenters. The van der Waals surface area contributed by atoms with Crippen LogP contribution in [0.2, 0.25) is 0 Å². The van der Waals surface area contributed by atoms with Gasteiger partial charge in [-0.3, -0.25) is 0 Å². The zero-order valence-corrected chi connectivity index (χ0v) is 19.4. The first-order valence-electron chi connectivity index (χ1n) is 11.0. The molecule has 0 heterocycles. The number of halogens is 1. The molecule has 0 bridgehead atoms. The van der Waals surface area contributed by atoms with Crippen molar-refractivity contribution in [3.63, 3.8) is 0 Å². The van der Waals surface area contributed by atoms with E-state index >= 15 is 0 Å². The van der Waals surface area contributed by atoms with Crippen molar-refractivity contribution in [2.45, 2.75) is 78.0 Å². The van der Waals surface area contributed by atoms with Crippen LogP contribution in [0.25, 0.3) is 0 Å². The molecule has 0 aliphatic heterocycles. The molecule has 0 radical (unpaired) electrons. The van der Waals surface area contributed by atoms with Crippen LogP contribution in [0.1, 0.15) is 68.6 Å². The minimum atomic E-state index is 0.534. The first-order chi connectivity index (χ1) is 14.2. The molecule has 1 fully saturated rings.